The summed E-state index contributed by atoms with van der Waals surface area (Å²) in [4.78, 5) is 59.2. The third-order valence-electron chi connectivity index (χ3n) is 15.8. The molecule has 0 atom stereocenters. The molecule has 13 rings (SSSR count). The van der Waals surface area contributed by atoms with Crippen LogP contribution in [0.15, 0.2) is 292 Å². The van der Waals surface area contributed by atoms with E-state index in [0.29, 0.717) is 33.4 Å². The second-order valence-corrected chi connectivity index (χ2v) is 21.6. The summed E-state index contributed by atoms with van der Waals surface area (Å²) in [6, 6.07) is 88.5. The Bertz CT molecular complexity index is 3950. The van der Waals surface area contributed by atoms with Gasteiger partial charge in [0.1, 0.15) is 18.3 Å². The van der Waals surface area contributed by atoms with Gasteiger partial charge in [-0.25, -0.2) is 14.4 Å². The Hall–Kier alpha value is -11.2. The number of pyridine rings is 3. The molecule has 0 saturated heterocycles. The summed E-state index contributed by atoms with van der Waals surface area (Å²) < 4.78 is 19.8. The maximum absolute atomic E-state index is 15.1. The van der Waals surface area contributed by atoms with Crippen LogP contribution in [0.5, 0.6) is 0 Å². The Morgan fingerprint density at radius 1 is 0.253 bits per heavy atom. The predicted molar refractivity (Wildman–Crippen MR) is 343 cm³/mol. The van der Waals surface area contributed by atoms with Crippen molar-refractivity contribution >= 4 is 17.9 Å². The van der Waals surface area contributed by atoms with Crippen molar-refractivity contribution in [2.45, 2.75) is 37.6 Å². The molecule has 1 fully saturated rings. The quantitative estimate of drug-likeness (QED) is 0.0730. The van der Waals surface area contributed by atoms with Crippen molar-refractivity contribution in [1.82, 2.24) is 15.0 Å². The molecule has 1 aliphatic rings. The molecule has 3 heterocycles. The van der Waals surface area contributed by atoms with Gasteiger partial charge in [0.15, 0.2) is 0 Å². The molecule has 0 radical (unpaired) electrons. The number of hydrogen-bond donors (Lipinski definition) is 0. The van der Waals surface area contributed by atoms with Crippen LogP contribution >= 0.6 is 0 Å². The number of carbonyl (C=O) groups is 3. The van der Waals surface area contributed by atoms with E-state index in [-0.39, 0.29) is 19.3 Å². The van der Waals surface area contributed by atoms with Crippen LogP contribution in [0.25, 0.3) is 101 Å². The van der Waals surface area contributed by atoms with Gasteiger partial charge in [-0.15, -0.1) is 0 Å². The van der Waals surface area contributed by atoms with Gasteiger partial charge in [-0.1, -0.05) is 182 Å². The summed E-state index contributed by atoms with van der Waals surface area (Å²) in [6.07, 6.45) is 3.06. The SMILES string of the molecule is O=C(OC1CC(OC(=O)c2ccc(-c3ccccn3)cc2-c2cccc(-c3ccccc3)c2)CC(OC(=O)c2ccc(-c3ccccn3)cc2-c2cccc(-c3ccccc3)c2)C1)c1ccc(-c2ccccn2)cc1-c1cccc(-c2ccccc2)c1. The Balaban J connectivity index is 0.860. The molecule has 0 aliphatic heterocycles. The molecule has 0 bridgehead atoms. The normalized spacial score (nSPS) is 14.6. The van der Waals surface area contributed by atoms with Crippen molar-refractivity contribution in [1.29, 1.82) is 0 Å². The first-order valence-electron chi connectivity index (χ1n) is 29.1. The lowest BCUT2D eigenvalue weighted by atomic mass is 9.90. The molecule has 1 aliphatic carbocycles. The fraction of sp³-hybridized carbons (Fsp3) is 0.0769. The number of hydrogen-bond acceptors (Lipinski definition) is 9. The molecule has 0 amide bonds. The van der Waals surface area contributed by atoms with Crippen LogP contribution in [0.4, 0.5) is 0 Å². The van der Waals surface area contributed by atoms with E-state index in [4.69, 9.17) is 14.2 Å². The Morgan fingerprint density at radius 2 is 0.517 bits per heavy atom. The van der Waals surface area contributed by atoms with Crippen molar-refractivity contribution in [2.24, 2.45) is 0 Å². The maximum atomic E-state index is 15.1. The molecule has 1 saturated carbocycles. The summed E-state index contributed by atoms with van der Waals surface area (Å²) in [6.45, 7) is 0. The van der Waals surface area contributed by atoms with E-state index in [9.17, 15) is 0 Å². The third kappa shape index (κ3) is 12.6. The van der Waals surface area contributed by atoms with Gasteiger partial charge in [0.2, 0.25) is 0 Å². The molecular formula is C78H57N3O6. The summed E-state index contributed by atoms with van der Waals surface area (Å²) in [7, 11) is 0. The monoisotopic (exact) mass is 1130 g/mol. The Kier molecular flexibility index (Phi) is 16.0. The van der Waals surface area contributed by atoms with E-state index in [0.717, 1.165) is 83.8 Å². The number of aromatic nitrogens is 3. The average molecular weight is 1130 g/mol. The Morgan fingerprint density at radius 3 is 0.793 bits per heavy atom. The molecule has 12 aromatic rings. The van der Waals surface area contributed by atoms with E-state index in [2.05, 4.69) is 69.5 Å². The minimum Gasteiger partial charge on any atom is -0.458 e. The predicted octanol–water partition coefficient (Wildman–Crippen LogP) is 18.0. The van der Waals surface area contributed by atoms with Gasteiger partial charge < -0.3 is 14.2 Å². The van der Waals surface area contributed by atoms with Crippen molar-refractivity contribution in [3.8, 4) is 101 Å². The van der Waals surface area contributed by atoms with E-state index in [1.807, 2.05) is 200 Å². The minimum atomic E-state index is -0.858. The highest BCUT2D eigenvalue weighted by Gasteiger charge is 2.37. The van der Waals surface area contributed by atoms with Gasteiger partial charge in [0, 0.05) is 54.5 Å². The molecule has 9 aromatic carbocycles. The lowest BCUT2D eigenvalue weighted by molar-refractivity contribution is -0.0586. The highest BCUT2D eigenvalue weighted by Crippen LogP contribution is 2.39. The molecule has 9 heteroatoms. The highest BCUT2D eigenvalue weighted by molar-refractivity contribution is 6.01. The number of carbonyl (C=O) groups excluding carboxylic acids is 3. The molecule has 0 spiro atoms. The number of esters is 3. The standard InChI is InChI=1S/C78H57N3O6/c82-76(67-37-34-61(73-31-10-13-40-79-73)46-70(67)58-28-16-25-55(43-58)52-19-4-1-5-20-52)85-64-49-65(86-77(83)68-38-35-62(74-32-11-14-41-80-74)47-71(68)59-29-17-26-56(44-59)53-21-6-2-7-22-53)51-66(50-64)87-78(84)69-39-36-63(75-33-12-15-42-81-75)48-72(69)60-30-18-27-57(45-60)54-23-8-3-9-24-54/h1-48,64-66H,49-51H2. The molecular weight excluding hydrogens is 1070 g/mol. The molecule has 420 valence electrons. The van der Waals surface area contributed by atoms with Crippen molar-refractivity contribution in [3.63, 3.8) is 0 Å². The second-order valence-electron chi connectivity index (χ2n) is 21.6. The topological polar surface area (TPSA) is 118 Å². The van der Waals surface area contributed by atoms with Crippen LogP contribution in [-0.4, -0.2) is 51.2 Å². The molecule has 0 N–H and O–H groups in total. The molecule has 0 unspecified atom stereocenters. The van der Waals surface area contributed by atoms with E-state index < -0.39 is 36.2 Å². The third-order valence-corrected chi connectivity index (χ3v) is 15.8. The maximum Gasteiger partial charge on any atom is 0.339 e. The van der Waals surface area contributed by atoms with Gasteiger partial charge in [-0.05, 0) is 158 Å². The van der Waals surface area contributed by atoms with Gasteiger partial charge in [-0.3, -0.25) is 15.0 Å². The zero-order valence-corrected chi connectivity index (χ0v) is 47.4. The largest absolute Gasteiger partial charge is 0.458 e. The van der Waals surface area contributed by atoms with Crippen LogP contribution < -0.4 is 0 Å². The van der Waals surface area contributed by atoms with Gasteiger partial charge >= 0.3 is 17.9 Å². The lowest BCUT2D eigenvalue weighted by Crippen LogP contribution is -2.40. The van der Waals surface area contributed by atoms with Crippen LogP contribution in [-0.2, 0) is 14.2 Å². The fourth-order valence-corrected chi connectivity index (χ4v) is 11.6. The van der Waals surface area contributed by atoms with Crippen LogP contribution in [0, 0.1) is 0 Å². The van der Waals surface area contributed by atoms with Crippen LogP contribution in [0.1, 0.15) is 50.3 Å². The van der Waals surface area contributed by atoms with Crippen molar-refractivity contribution < 1.29 is 28.6 Å². The lowest BCUT2D eigenvalue weighted by Gasteiger charge is -2.34. The van der Waals surface area contributed by atoms with Gasteiger partial charge in [0.05, 0.1) is 33.8 Å². The van der Waals surface area contributed by atoms with Crippen LogP contribution in [0.2, 0.25) is 0 Å². The minimum absolute atomic E-state index is 0.136. The number of rotatable bonds is 15. The van der Waals surface area contributed by atoms with E-state index in [1.54, 1.807) is 36.8 Å². The fourth-order valence-electron chi connectivity index (χ4n) is 11.6. The first-order valence-corrected chi connectivity index (χ1v) is 29.1. The van der Waals surface area contributed by atoms with E-state index >= 15 is 14.4 Å². The van der Waals surface area contributed by atoms with Crippen molar-refractivity contribution in [2.75, 3.05) is 0 Å². The van der Waals surface area contributed by atoms with Crippen LogP contribution in [0.3, 0.4) is 0 Å². The first-order chi connectivity index (χ1) is 42.8. The summed E-state index contributed by atoms with van der Waals surface area (Å²) >= 11 is 0. The molecule has 3 aromatic heterocycles. The smallest absolute Gasteiger partial charge is 0.339 e. The number of nitrogens with zero attached hydrogens (tertiary/aromatic N) is 3. The molecule has 9 nitrogen and oxygen atoms in total. The van der Waals surface area contributed by atoms with E-state index in [1.165, 1.54) is 0 Å². The molecule has 87 heavy (non-hydrogen) atoms. The summed E-state index contributed by atoms with van der Waals surface area (Å²) in [5.41, 5.74) is 16.1. The van der Waals surface area contributed by atoms with Gasteiger partial charge in [-0.2, -0.15) is 0 Å². The summed E-state index contributed by atoms with van der Waals surface area (Å²) in [5, 5.41) is 0. The van der Waals surface area contributed by atoms with Crippen molar-refractivity contribution in [3.05, 3.63) is 308 Å². The number of ether oxygens (including phenoxy) is 3. The summed E-state index contributed by atoms with van der Waals surface area (Å²) in [5.74, 6) is -1.75. The van der Waals surface area contributed by atoms with Gasteiger partial charge in [0.25, 0.3) is 0 Å². The average Bonchev–Trinajstić information content (AvgIpc) is 3.31. The second kappa shape index (κ2) is 25.4. The zero-order valence-electron chi connectivity index (χ0n) is 47.4. The number of benzene rings is 9. The zero-order chi connectivity index (χ0) is 58.9. The highest BCUT2D eigenvalue weighted by atomic mass is 16.6. The first kappa shape index (κ1) is 55.1. The Labute approximate surface area is 505 Å².